The maximum absolute atomic E-state index is 11.0. The smallest absolute Gasteiger partial charge is 0.304 e. The van der Waals surface area contributed by atoms with Crippen molar-refractivity contribution >= 4 is 37.1 Å². The summed E-state index contributed by atoms with van der Waals surface area (Å²) in [7, 11) is 0. The highest BCUT2D eigenvalue weighted by Gasteiger charge is 2.18. The molecule has 12 heavy (non-hydrogen) atoms. The van der Waals surface area contributed by atoms with E-state index >= 15 is 0 Å². The maximum atomic E-state index is 11.0. The zero-order valence-corrected chi connectivity index (χ0v) is 8.15. The lowest BCUT2D eigenvalue weighted by Gasteiger charge is -2.10. The molecule has 0 aliphatic heterocycles. The summed E-state index contributed by atoms with van der Waals surface area (Å²) < 4.78 is 0. The molecule has 0 aromatic rings. The van der Waals surface area contributed by atoms with E-state index < -0.39 is 11.9 Å². The number of carbonyl (C=O) groups excluding carboxylic acids is 1. The van der Waals surface area contributed by atoms with Gasteiger partial charge in [0, 0.05) is 5.75 Å². The Morgan fingerprint density at radius 3 is 2.33 bits per heavy atom. The Labute approximate surface area is 81.5 Å². The van der Waals surface area contributed by atoms with Crippen molar-refractivity contribution < 1.29 is 14.7 Å². The van der Waals surface area contributed by atoms with Gasteiger partial charge in [0.2, 0.25) is 5.91 Å². The summed E-state index contributed by atoms with van der Waals surface area (Å²) in [6, 6.07) is 0. The summed E-state index contributed by atoms with van der Waals surface area (Å²) in [6.45, 7) is 0. The second kappa shape index (κ2) is 6.19. The largest absolute Gasteiger partial charge is 0.481 e. The predicted molar refractivity (Wildman–Crippen MR) is 51.6 cm³/mol. The zero-order chi connectivity index (χ0) is 9.56. The lowest BCUT2D eigenvalue weighted by molar-refractivity contribution is -0.140. The van der Waals surface area contributed by atoms with Gasteiger partial charge in [-0.2, -0.15) is 25.3 Å². The number of carboxylic acids is 1. The van der Waals surface area contributed by atoms with Crippen molar-refractivity contribution in [1.82, 2.24) is 5.32 Å². The van der Waals surface area contributed by atoms with Crippen LogP contribution in [0.15, 0.2) is 0 Å². The monoisotopic (exact) mass is 209 g/mol. The number of amides is 1. The van der Waals surface area contributed by atoms with Crippen LogP contribution in [0.3, 0.4) is 0 Å². The number of aliphatic carboxylic acids is 1. The fraction of sp³-hybridized carbons (Fsp3) is 0.667. The minimum absolute atomic E-state index is 0.191. The number of thiol groups is 2. The lowest BCUT2D eigenvalue weighted by atomic mass is 10.1. The molecule has 1 unspecified atom stereocenters. The van der Waals surface area contributed by atoms with Crippen molar-refractivity contribution in [3.63, 3.8) is 0 Å². The first kappa shape index (κ1) is 11.6. The molecule has 0 aromatic heterocycles. The minimum Gasteiger partial charge on any atom is -0.481 e. The van der Waals surface area contributed by atoms with E-state index in [1.165, 1.54) is 0 Å². The average Bonchev–Trinajstić information content (AvgIpc) is 2.00. The highest BCUT2D eigenvalue weighted by Crippen LogP contribution is 2.05. The Kier molecular flexibility index (Phi) is 6.00. The molecule has 1 amide bonds. The Balaban J connectivity index is 3.96. The summed E-state index contributed by atoms with van der Waals surface area (Å²) in [6.07, 6.45) is -0.191. The summed E-state index contributed by atoms with van der Waals surface area (Å²) in [4.78, 5) is 21.3. The first-order valence-electron chi connectivity index (χ1n) is 3.33. The van der Waals surface area contributed by atoms with Gasteiger partial charge in [-0.1, -0.05) is 0 Å². The van der Waals surface area contributed by atoms with E-state index in [1.54, 1.807) is 0 Å². The van der Waals surface area contributed by atoms with Gasteiger partial charge in [-0.05, 0) is 0 Å². The Hall–Kier alpha value is -0.360. The molecule has 0 aromatic carbocycles. The highest BCUT2D eigenvalue weighted by molar-refractivity contribution is 7.80. The normalized spacial score (nSPS) is 12.2. The van der Waals surface area contributed by atoms with E-state index in [1.807, 2.05) is 0 Å². The number of rotatable bonds is 5. The van der Waals surface area contributed by atoms with Gasteiger partial charge in [0.25, 0.3) is 0 Å². The second-order valence-corrected chi connectivity index (χ2v) is 2.86. The number of carboxylic acid groups (broad SMARTS) is 1. The Morgan fingerprint density at radius 2 is 2.00 bits per heavy atom. The molecule has 0 heterocycles. The van der Waals surface area contributed by atoms with Crippen molar-refractivity contribution in [2.24, 2.45) is 5.92 Å². The average molecular weight is 209 g/mol. The number of hydrogen-bond donors (Lipinski definition) is 4. The van der Waals surface area contributed by atoms with Gasteiger partial charge in [0.05, 0.1) is 18.2 Å². The SMILES string of the molecule is O=C(O)CC(CS)C(=O)NCS. The molecule has 4 nitrogen and oxygen atoms in total. The number of hydrogen-bond acceptors (Lipinski definition) is 4. The van der Waals surface area contributed by atoms with Crippen LogP contribution in [0.4, 0.5) is 0 Å². The van der Waals surface area contributed by atoms with E-state index in [2.05, 4.69) is 30.6 Å². The molecule has 70 valence electrons. The molecule has 0 spiro atoms. The van der Waals surface area contributed by atoms with Crippen molar-refractivity contribution in [3.8, 4) is 0 Å². The lowest BCUT2D eigenvalue weighted by Crippen LogP contribution is -2.32. The van der Waals surface area contributed by atoms with Gasteiger partial charge < -0.3 is 10.4 Å². The fourth-order valence-corrected chi connectivity index (χ4v) is 1.12. The van der Waals surface area contributed by atoms with Gasteiger partial charge in [0.1, 0.15) is 0 Å². The predicted octanol–water partition coefficient (Wildman–Crippen LogP) is 0.0106. The van der Waals surface area contributed by atoms with Crippen molar-refractivity contribution in [3.05, 3.63) is 0 Å². The fourth-order valence-electron chi connectivity index (χ4n) is 0.673. The molecule has 6 heteroatoms. The Bertz CT molecular complexity index is 174. The van der Waals surface area contributed by atoms with E-state index in [9.17, 15) is 9.59 Å². The van der Waals surface area contributed by atoms with Crippen LogP contribution in [0, 0.1) is 5.92 Å². The first-order chi connectivity index (χ1) is 5.61. The summed E-state index contributed by atoms with van der Waals surface area (Å²) in [5.74, 6) is -1.45. The molecule has 0 rings (SSSR count). The van der Waals surface area contributed by atoms with Gasteiger partial charge in [-0.25, -0.2) is 0 Å². The van der Waals surface area contributed by atoms with Gasteiger partial charge in [-0.15, -0.1) is 0 Å². The van der Waals surface area contributed by atoms with Crippen LogP contribution < -0.4 is 5.32 Å². The molecule has 0 fully saturated rings. The number of carbonyl (C=O) groups is 2. The van der Waals surface area contributed by atoms with Gasteiger partial charge in [-0.3, -0.25) is 9.59 Å². The quantitative estimate of drug-likeness (QED) is 0.381. The molecule has 0 radical (unpaired) electrons. The third-order valence-electron chi connectivity index (χ3n) is 1.27. The van der Waals surface area contributed by atoms with Crippen LogP contribution in [0.2, 0.25) is 0 Å². The molecule has 0 aliphatic rings. The van der Waals surface area contributed by atoms with Gasteiger partial charge in [0.15, 0.2) is 0 Å². The van der Waals surface area contributed by atoms with E-state index in [0.717, 1.165) is 0 Å². The van der Waals surface area contributed by atoms with Crippen LogP contribution >= 0.6 is 25.3 Å². The van der Waals surface area contributed by atoms with Crippen molar-refractivity contribution in [1.29, 1.82) is 0 Å². The summed E-state index contributed by atoms with van der Waals surface area (Å²) >= 11 is 7.65. The van der Waals surface area contributed by atoms with Crippen LogP contribution in [-0.4, -0.2) is 28.6 Å². The molecule has 0 aliphatic carbocycles. The Morgan fingerprint density at radius 1 is 1.42 bits per heavy atom. The van der Waals surface area contributed by atoms with Crippen molar-refractivity contribution in [2.75, 3.05) is 11.6 Å². The molecule has 1 atom stereocenters. The van der Waals surface area contributed by atoms with Crippen LogP contribution in [0.25, 0.3) is 0 Å². The third-order valence-corrected chi connectivity index (χ3v) is 1.86. The van der Waals surface area contributed by atoms with E-state index in [4.69, 9.17) is 5.11 Å². The molecular formula is C6H11NO3S2. The molecule has 0 saturated carbocycles. The van der Waals surface area contributed by atoms with E-state index in [-0.39, 0.29) is 24.0 Å². The summed E-state index contributed by atoms with van der Waals surface area (Å²) in [5, 5.41) is 10.8. The first-order valence-corrected chi connectivity index (χ1v) is 4.59. The van der Waals surface area contributed by atoms with Crippen LogP contribution in [0.5, 0.6) is 0 Å². The standard InChI is InChI=1S/C6H11NO3S2/c8-5(9)1-4(2-11)6(10)7-3-12/h4,11-12H,1-3H2,(H,7,10)(H,8,9). The third kappa shape index (κ3) is 4.50. The number of nitrogens with one attached hydrogen (secondary N) is 1. The minimum atomic E-state index is -0.997. The summed E-state index contributed by atoms with van der Waals surface area (Å²) in [5.41, 5.74) is 0. The van der Waals surface area contributed by atoms with Crippen LogP contribution in [-0.2, 0) is 9.59 Å². The van der Waals surface area contributed by atoms with E-state index in [0.29, 0.717) is 0 Å². The van der Waals surface area contributed by atoms with Crippen LogP contribution in [0.1, 0.15) is 6.42 Å². The molecule has 0 saturated heterocycles. The highest BCUT2D eigenvalue weighted by atomic mass is 32.1. The molecule has 0 bridgehead atoms. The van der Waals surface area contributed by atoms with Crippen molar-refractivity contribution in [2.45, 2.75) is 6.42 Å². The van der Waals surface area contributed by atoms with Gasteiger partial charge >= 0.3 is 5.97 Å². The maximum Gasteiger partial charge on any atom is 0.304 e. The second-order valence-electron chi connectivity index (χ2n) is 2.18. The molecule has 2 N–H and O–H groups in total. The molecular weight excluding hydrogens is 198 g/mol. The zero-order valence-electron chi connectivity index (χ0n) is 6.36. The topological polar surface area (TPSA) is 66.4 Å².